The van der Waals surface area contributed by atoms with Gasteiger partial charge in [-0.1, -0.05) is 41.9 Å². The Bertz CT molecular complexity index is 1170. The second-order valence-corrected chi connectivity index (χ2v) is 10.5. The molecule has 2 heterocycles. The molecule has 36 heavy (non-hydrogen) atoms. The number of benzene rings is 2. The summed E-state index contributed by atoms with van der Waals surface area (Å²) >= 11 is 7.53. The lowest BCUT2D eigenvalue weighted by molar-refractivity contribution is -0.165. The van der Waals surface area contributed by atoms with Crippen molar-refractivity contribution in [3.8, 4) is 5.75 Å². The van der Waals surface area contributed by atoms with E-state index >= 15 is 0 Å². The van der Waals surface area contributed by atoms with Crippen LogP contribution in [0.4, 0.5) is 0 Å². The Labute approximate surface area is 220 Å². The Morgan fingerprint density at radius 1 is 1.19 bits per heavy atom. The van der Waals surface area contributed by atoms with Crippen LogP contribution in [0.25, 0.3) is 0 Å². The molecule has 1 atom stereocenters. The van der Waals surface area contributed by atoms with E-state index in [1.165, 1.54) is 11.3 Å². The van der Waals surface area contributed by atoms with Gasteiger partial charge in [-0.2, -0.15) is 0 Å². The molecule has 4 rings (SSSR count). The van der Waals surface area contributed by atoms with Gasteiger partial charge in [0.2, 0.25) is 11.8 Å². The zero-order valence-corrected chi connectivity index (χ0v) is 22.1. The number of nitrogens with zero attached hydrogens (tertiary/aromatic N) is 3. The largest absolute Gasteiger partial charge is 0.490 e. The number of morpholine rings is 1. The van der Waals surface area contributed by atoms with Crippen LogP contribution in [0.15, 0.2) is 60.0 Å². The molecule has 190 valence electrons. The number of ether oxygens (including phenoxy) is 2. The molecule has 0 aliphatic carbocycles. The van der Waals surface area contributed by atoms with Crippen LogP contribution in [0.3, 0.4) is 0 Å². The molecule has 7 nitrogen and oxygen atoms in total. The minimum atomic E-state index is -0.979. The van der Waals surface area contributed by atoms with E-state index in [2.05, 4.69) is 4.98 Å². The summed E-state index contributed by atoms with van der Waals surface area (Å²) in [6.45, 7) is 3.57. The highest BCUT2D eigenvalue weighted by atomic mass is 35.5. The molecule has 9 heteroatoms. The van der Waals surface area contributed by atoms with Crippen molar-refractivity contribution in [2.75, 3.05) is 33.4 Å². The highest BCUT2D eigenvalue weighted by Gasteiger charge is 2.42. The van der Waals surface area contributed by atoms with Gasteiger partial charge in [-0.15, -0.1) is 11.3 Å². The summed E-state index contributed by atoms with van der Waals surface area (Å²) in [6.07, 6.45) is 0.309. The average Bonchev–Trinajstić information content (AvgIpc) is 3.28. The lowest BCUT2D eigenvalue weighted by atomic mass is 9.96. The summed E-state index contributed by atoms with van der Waals surface area (Å²) in [5.41, 5.74) is 0.823. The topological polar surface area (TPSA) is 72.0 Å². The minimum Gasteiger partial charge on any atom is -0.490 e. The third-order valence-corrected chi connectivity index (χ3v) is 7.15. The summed E-state index contributed by atoms with van der Waals surface area (Å²) in [7, 11) is 1.78. The molecule has 1 aromatic heterocycles. The molecule has 0 bridgehead atoms. The summed E-state index contributed by atoms with van der Waals surface area (Å²) in [4.78, 5) is 34.3. The Hall–Kier alpha value is -2.94. The Kier molecular flexibility index (Phi) is 8.61. The zero-order valence-electron chi connectivity index (χ0n) is 20.5. The summed E-state index contributed by atoms with van der Waals surface area (Å²) in [5, 5.41) is 3.45. The van der Waals surface area contributed by atoms with Crippen molar-refractivity contribution in [3.63, 3.8) is 0 Å². The van der Waals surface area contributed by atoms with E-state index in [0.717, 1.165) is 16.3 Å². The van der Waals surface area contributed by atoms with Crippen LogP contribution in [0.2, 0.25) is 5.02 Å². The SMILES string of the molecule is Cc1nc(CC(=O)N2CCO[C@](COc3ccc(Cl)cc3)(CC(=O)N(C)Cc3ccccc3)C2)cs1. The molecule has 1 aliphatic heterocycles. The smallest absolute Gasteiger partial charge is 0.228 e. The van der Waals surface area contributed by atoms with Crippen LogP contribution >= 0.6 is 22.9 Å². The number of amides is 2. The van der Waals surface area contributed by atoms with Crippen molar-refractivity contribution in [1.82, 2.24) is 14.8 Å². The van der Waals surface area contributed by atoms with Gasteiger partial charge in [-0.25, -0.2) is 4.98 Å². The van der Waals surface area contributed by atoms with Gasteiger partial charge in [0.15, 0.2) is 0 Å². The predicted octanol–water partition coefficient (Wildman–Crippen LogP) is 4.37. The molecule has 0 spiro atoms. The van der Waals surface area contributed by atoms with Crippen molar-refractivity contribution in [3.05, 3.63) is 81.3 Å². The summed E-state index contributed by atoms with van der Waals surface area (Å²) < 4.78 is 12.3. The number of carbonyl (C=O) groups excluding carboxylic acids is 2. The first-order valence-corrected chi connectivity index (χ1v) is 13.1. The van der Waals surface area contributed by atoms with Crippen LogP contribution in [0.5, 0.6) is 5.75 Å². The van der Waals surface area contributed by atoms with Gasteiger partial charge in [-0.3, -0.25) is 9.59 Å². The monoisotopic (exact) mass is 527 g/mol. The highest BCUT2D eigenvalue weighted by Crippen LogP contribution is 2.27. The van der Waals surface area contributed by atoms with Crippen molar-refractivity contribution in [2.24, 2.45) is 0 Å². The van der Waals surface area contributed by atoms with Gasteiger partial charge in [0.1, 0.15) is 18.0 Å². The Morgan fingerprint density at radius 3 is 2.64 bits per heavy atom. The minimum absolute atomic E-state index is 0.0374. The van der Waals surface area contributed by atoms with Gasteiger partial charge < -0.3 is 19.3 Å². The van der Waals surface area contributed by atoms with E-state index in [4.69, 9.17) is 21.1 Å². The van der Waals surface area contributed by atoms with Gasteiger partial charge >= 0.3 is 0 Å². The van der Waals surface area contributed by atoms with Crippen LogP contribution in [-0.2, 0) is 27.3 Å². The molecule has 0 saturated carbocycles. The molecule has 3 aromatic rings. The fourth-order valence-electron chi connectivity index (χ4n) is 4.16. The average molecular weight is 528 g/mol. The van der Waals surface area contributed by atoms with E-state index in [1.54, 1.807) is 41.1 Å². The molecule has 2 amide bonds. The third kappa shape index (κ3) is 7.06. The lowest BCUT2D eigenvalue weighted by Crippen LogP contribution is -2.58. The summed E-state index contributed by atoms with van der Waals surface area (Å²) in [5.74, 6) is 0.501. The van der Waals surface area contributed by atoms with E-state index in [9.17, 15) is 9.59 Å². The predicted molar refractivity (Wildman–Crippen MR) is 140 cm³/mol. The number of aryl methyl sites for hydroxylation is 1. The first-order chi connectivity index (χ1) is 17.3. The molecule has 0 radical (unpaired) electrons. The maximum absolute atomic E-state index is 13.3. The molecule has 1 saturated heterocycles. The normalized spacial score (nSPS) is 17.6. The van der Waals surface area contributed by atoms with E-state index in [0.29, 0.717) is 30.5 Å². The third-order valence-electron chi connectivity index (χ3n) is 6.08. The lowest BCUT2D eigenvalue weighted by Gasteiger charge is -2.42. The Morgan fingerprint density at radius 2 is 1.94 bits per heavy atom. The van der Waals surface area contributed by atoms with Gasteiger partial charge in [-0.05, 0) is 36.8 Å². The summed E-state index contributed by atoms with van der Waals surface area (Å²) in [6, 6.07) is 16.9. The molecule has 1 aliphatic rings. The zero-order chi connectivity index (χ0) is 25.5. The number of hydrogen-bond acceptors (Lipinski definition) is 6. The standard InChI is InChI=1S/C27H30ClN3O4S/c1-20-29-23(17-36-20)14-25(32)31-12-13-35-27(18-31,19-34-24-10-8-22(28)9-11-24)15-26(33)30(2)16-21-6-4-3-5-7-21/h3-11,17H,12-16,18-19H2,1-2H3/t27-/m1/s1. The maximum Gasteiger partial charge on any atom is 0.228 e. The van der Waals surface area contributed by atoms with E-state index in [1.807, 2.05) is 42.6 Å². The molecule has 2 aromatic carbocycles. The van der Waals surface area contributed by atoms with Crippen LogP contribution < -0.4 is 4.74 Å². The number of rotatable bonds is 9. The number of halogens is 1. The van der Waals surface area contributed by atoms with E-state index in [-0.39, 0.29) is 37.8 Å². The first-order valence-electron chi connectivity index (χ1n) is 11.8. The number of carbonyl (C=O) groups is 2. The van der Waals surface area contributed by atoms with Crippen molar-refractivity contribution in [1.29, 1.82) is 0 Å². The van der Waals surface area contributed by atoms with Gasteiger partial charge in [0.25, 0.3) is 0 Å². The van der Waals surface area contributed by atoms with Crippen LogP contribution in [-0.4, -0.2) is 65.6 Å². The second-order valence-electron chi connectivity index (χ2n) is 9.04. The molecule has 0 N–H and O–H groups in total. The van der Waals surface area contributed by atoms with Crippen molar-refractivity contribution >= 4 is 34.8 Å². The second kappa shape index (κ2) is 11.9. The number of aromatic nitrogens is 1. The van der Waals surface area contributed by atoms with Crippen molar-refractivity contribution in [2.45, 2.75) is 31.9 Å². The fraction of sp³-hybridized carbons (Fsp3) is 0.370. The first kappa shape index (κ1) is 26.1. The quantitative estimate of drug-likeness (QED) is 0.413. The highest BCUT2D eigenvalue weighted by molar-refractivity contribution is 7.09. The van der Waals surface area contributed by atoms with Crippen molar-refractivity contribution < 1.29 is 19.1 Å². The molecule has 0 unspecified atom stereocenters. The van der Waals surface area contributed by atoms with Crippen LogP contribution in [0.1, 0.15) is 22.7 Å². The number of thiazole rings is 1. The van der Waals surface area contributed by atoms with E-state index < -0.39 is 5.60 Å². The molecular weight excluding hydrogens is 498 g/mol. The van der Waals surface area contributed by atoms with Crippen LogP contribution in [0, 0.1) is 6.92 Å². The molecular formula is C27H30ClN3O4S. The van der Waals surface area contributed by atoms with Gasteiger partial charge in [0.05, 0.1) is 36.7 Å². The fourth-order valence-corrected chi connectivity index (χ4v) is 4.90. The van der Waals surface area contributed by atoms with Gasteiger partial charge in [0, 0.05) is 30.5 Å². The number of hydrogen-bond donors (Lipinski definition) is 0. The molecule has 1 fully saturated rings. The Balaban J connectivity index is 1.48. The maximum atomic E-state index is 13.3.